The van der Waals surface area contributed by atoms with Crippen molar-refractivity contribution in [1.29, 1.82) is 0 Å². The first-order valence-corrected chi connectivity index (χ1v) is 11.7. The number of hydrogen-bond donors (Lipinski definition) is 3. The van der Waals surface area contributed by atoms with Crippen molar-refractivity contribution in [1.82, 2.24) is 4.98 Å². The van der Waals surface area contributed by atoms with E-state index in [9.17, 15) is 19.1 Å². The quantitative estimate of drug-likeness (QED) is 0.248. The largest absolute Gasteiger partial charge is 0.491 e. The predicted octanol–water partition coefficient (Wildman–Crippen LogP) is 2.11. The summed E-state index contributed by atoms with van der Waals surface area (Å²) >= 11 is 0. The topological polar surface area (TPSA) is 144 Å². The Bertz CT molecular complexity index is 1200. The predicted molar refractivity (Wildman–Crippen MR) is 140 cm³/mol. The Morgan fingerprint density at radius 1 is 1.32 bits per heavy atom. The van der Waals surface area contributed by atoms with Gasteiger partial charge in [0.1, 0.15) is 11.4 Å². The van der Waals surface area contributed by atoms with Crippen LogP contribution < -0.4 is 21.1 Å². The molecule has 2 aliphatic rings. The number of aliphatic imine (C=N–C) groups is 1. The highest BCUT2D eigenvalue weighted by molar-refractivity contribution is 5.95. The molecule has 2 heterocycles. The van der Waals surface area contributed by atoms with Gasteiger partial charge in [-0.25, -0.2) is 9.98 Å². The summed E-state index contributed by atoms with van der Waals surface area (Å²) in [6.07, 6.45) is 6.26. The van der Waals surface area contributed by atoms with Gasteiger partial charge in [-0.05, 0) is 68.4 Å². The molecule has 1 aromatic heterocycles. The number of pyridine rings is 1. The number of carbonyl (C=O) groups is 2. The van der Waals surface area contributed by atoms with Gasteiger partial charge in [-0.1, -0.05) is 17.9 Å². The van der Waals surface area contributed by atoms with E-state index in [0.717, 1.165) is 30.5 Å². The molecule has 1 aliphatic heterocycles. The number of allylic oxidation sites excluding steroid dienone is 1. The lowest BCUT2D eigenvalue weighted by Crippen LogP contribution is -2.34. The average molecular weight is 510 g/mol. The van der Waals surface area contributed by atoms with Crippen molar-refractivity contribution in [2.45, 2.75) is 37.7 Å². The molecular formula is C27H32FN5O4. The number of halogens is 1. The second-order valence-electron chi connectivity index (χ2n) is 8.12. The summed E-state index contributed by atoms with van der Waals surface area (Å²) in [5.41, 5.74) is 11.6. The van der Waals surface area contributed by atoms with Crippen molar-refractivity contribution in [2.24, 2.45) is 16.5 Å². The van der Waals surface area contributed by atoms with E-state index < -0.39 is 11.5 Å². The second kappa shape index (κ2) is 14.5. The Kier molecular flexibility index (Phi) is 11.4. The van der Waals surface area contributed by atoms with Gasteiger partial charge in [0.25, 0.3) is 0 Å². The lowest BCUT2D eigenvalue weighted by Gasteiger charge is -2.30. The number of amides is 2. The molecule has 0 bridgehead atoms. The van der Waals surface area contributed by atoms with E-state index in [1.807, 2.05) is 18.2 Å². The second-order valence-corrected chi connectivity index (χ2v) is 8.12. The minimum Gasteiger partial charge on any atom is -0.491 e. The van der Waals surface area contributed by atoms with E-state index >= 15 is 0 Å². The van der Waals surface area contributed by atoms with Crippen LogP contribution in [0.2, 0.25) is 0 Å². The summed E-state index contributed by atoms with van der Waals surface area (Å²) in [6, 6.07) is 10.0. The third kappa shape index (κ3) is 8.83. The standard InChI is InChI=1S/C16H17NO3.C10H10FN3O.CH5N/c1-17-13-11-12(5-9-16(19)7-2-8-16)3-4-14(13)20-10-6-15(17)18;11-10-3-1-2-9(14-10)4-8(5-12)6-13-7-15;1-2/h3-4,11,19H,2,6-8,10H2,1H3;1-3,5-7H,4,12H2;2H2,1H3/b;8-5-,13-6?;. The molecule has 0 saturated heterocycles. The first kappa shape index (κ1) is 29.2. The fourth-order valence-corrected chi connectivity index (χ4v) is 3.39. The monoisotopic (exact) mass is 509 g/mol. The molecule has 1 saturated carbocycles. The smallest absolute Gasteiger partial charge is 0.232 e. The Balaban J connectivity index is 0.000000254. The zero-order valence-electron chi connectivity index (χ0n) is 21.0. The molecular weight excluding hydrogens is 477 g/mol. The van der Waals surface area contributed by atoms with Gasteiger partial charge in [0, 0.05) is 30.9 Å². The van der Waals surface area contributed by atoms with Crippen LogP contribution >= 0.6 is 0 Å². The van der Waals surface area contributed by atoms with E-state index in [4.69, 9.17) is 10.5 Å². The SMILES string of the molecule is CN.CN1C(=O)CCOc2ccc(C#CC3(O)CCC3)cc21.N/C=C(\C=NC=O)Cc1cccc(F)n1. The van der Waals surface area contributed by atoms with Gasteiger partial charge in [-0.3, -0.25) is 9.59 Å². The first-order valence-electron chi connectivity index (χ1n) is 11.7. The minimum atomic E-state index is -0.814. The van der Waals surface area contributed by atoms with E-state index in [1.165, 1.54) is 25.5 Å². The van der Waals surface area contributed by atoms with Crippen LogP contribution in [-0.4, -0.2) is 54.9 Å². The van der Waals surface area contributed by atoms with Crippen molar-refractivity contribution in [3.05, 3.63) is 65.4 Å². The Hall–Kier alpha value is -4.07. The van der Waals surface area contributed by atoms with Gasteiger partial charge in [-0.15, -0.1) is 0 Å². The molecule has 1 aromatic carbocycles. The number of aromatic nitrogens is 1. The Morgan fingerprint density at radius 3 is 2.70 bits per heavy atom. The number of carbonyl (C=O) groups excluding carboxylic acids is 2. The fraction of sp³-hybridized carbons (Fsp3) is 0.333. The summed E-state index contributed by atoms with van der Waals surface area (Å²) in [7, 11) is 3.24. The molecule has 196 valence electrons. The lowest BCUT2D eigenvalue weighted by atomic mass is 9.81. The van der Waals surface area contributed by atoms with Gasteiger partial charge in [-0.2, -0.15) is 4.39 Å². The normalized spacial score (nSPS) is 15.8. The molecule has 9 nitrogen and oxygen atoms in total. The summed E-state index contributed by atoms with van der Waals surface area (Å²) in [5.74, 6) is 6.11. The lowest BCUT2D eigenvalue weighted by molar-refractivity contribution is -0.118. The summed E-state index contributed by atoms with van der Waals surface area (Å²) in [4.78, 5) is 30.5. The number of nitrogens with two attached hydrogens (primary N) is 2. The Labute approximate surface area is 216 Å². The Morgan fingerprint density at radius 2 is 2.08 bits per heavy atom. The summed E-state index contributed by atoms with van der Waals surface area (Å²) < 4.78 is 18.3. The first-order chi connectivity index (χ1) is 17.8. The number of benzene rings is 1. The molecule has 4 rings (SSSR count). The van der Waals surface area contributed by atoms with Crippen LogP contribution in [0.1, 0.15) is 36.9 Å². The molecule has 2 amide bonds. The maximum atomic E-state index is 12.7. The van der Waals surface area contributed by atoms with Crippen LogP contribution in [0.25, 0.3) is 0 Å². The van der Waals surface area contributed by atoms with E-state index in [-0.39, 0.29) is 5.91 Å². The van der Waals surface area contributed by atoms with Gasteiger partial charge < -0.3 is 26.2 Å². The van der Waals surface area contributed by atoms with Gasteiger partial charge >= 0.3 is 0 Å². The van der Waals surface area contributed by atoms with Crippen molar-refractivity contribution in [3.8, 4) is 17.6 Å². The zero-order valence-corrected chi connectivity index (χ0v) is 21.0. The number of anilines is 1. The number of fused-ring (bicyclic) bond motifs is 1. The third-order valence-electron chi connectivity index (χ3n) is 5.56. The molecule has 0 radical (unpaired) electrons. The van der Waals surface area contributed by atoms with Crippen LogP contribution in [-0.2, 0) is 16.0 Å². The summed E-state index contributed by atoms with van der Waals surface area (Å²) in [6.45, 7) is 0.404. The molecule has 10 heteroatoms. The van der Waals surface area contributed by atoms with Crippen LogP contribution in [0.4, 0.5) is 10.1 Å². The van der Waals surface area contributed by atoms with Gasteiger partial charge in [0.2, 0.25) is 18.3 Å². The third-order valence-corrected chi connectivity index (χ3v) is 5.56. The molecule has 37 heavy (non-hydrogen) atoms. The molecule has 5 N–H and O–H groups in total. The molecule has 2 aromatic rings. The van der Waals surface area contributed by atoms with Crippen LogP contribution in [0.3, 0.4) is 0 Å². The van der Waals surface area contributed by atoms with Crippen molar-refractivity contribution >= 4 is 24.2 Å². The maximum Gasteiger partial charge on any atom is 0.232 e. The highest BCUT2D eigenvalue weighted by Gasteiger charge is 2.32. The number of ether oxygens (including phenoxy) is 1. The molecule has 1 aliphatic carbocycles. The van der Waals surface area contributed by atoms with Crippen molar-refractivity contribution in [2.75, 3.05) is 25.6 Å². The number of aliphatic hydroxyl groups is 1. The molecule has 0 unspecified atom stereocenters. The van der Waals surface area contributed by atoms with Crippen LogP contribution in [0.15, 0.2) is 53.2 Å². The highest BCUT2D eigenvalue weighted by atomic mass is 19.1. The number of hydrogen-bond acceptors (Lipinski definition) is 7. The van der Waals surface area contributed by atoms with Gasteiger partial charge in [0.05, 0.1) is 18.7 Å². The highest BCUT2D eigenvalue weighted by Crippen LogP contribution is 2.33. The van der Waals surface area contributed by atoms with Crippen molar-refractivity contribution in [3.63, 3.8) is 0 Å². The van der Waals surface area contributed by atoms with E-state index in [0.29, 0.717) is 42.9 Å². The van der Waals surface area contributed by atoms with Crippen molar-refractivity contribution < 1.29 is 23.8 Å². The zero-order chi connectivity index (χ0) is 27.3. The van der Waals surface area contributed by atoms with Gasteiger partial charge in [0.15, 0.2) is 0 Å². The van der Waals surface area contributed by atoms with E-state index in [1.54, 1.807) is 24.1 Å². The van der Waals surface area contributed by atoms with Crippen LogP contribution in [0.5, 0.6) is 5.75 Å². The number of rotatable bonds is 4. The average Bonchev–Trinajstić information content (AvgIpc) is 3.03. The minimum absolute atomic E-state index is 0.0338. The fourth-order valence-electron chi connectivity index (χ4n) is 3.39. The molecule has 1 fully saturated rings. The van der Waals surface area contributed by atoms with E-state index in [2.05, 4.69) is 27.6 Å². The van der Waals surface area contributed by atoms with Crippen LogP contribution in [0, 0.1) is 17.8 Å². The molecule has 0 spiro atoms. The molecule has 0 atom stereocenters. The maximum absolute atomic E-state index is 12.7. The number of nitrogens with zero attached hydrogens (tertiary/aromatic N) is 3. The summed E-state index contributed by atoms with van der Waals surface area (Å²) in [5, 5.41) is 9.99.